The average molecular weight is 390 g/mol. The van der Waals surface area contributed by atoms with Crippen LogP contribution in [0.15, 0.2) is 24.3 Å². The number of hydrogen-bond donors (Lipinski definition) is 1. The Hall–Kier alpha value is -0.100. The van der Waals surface area contributed by atoms with Crippen LogP contribution < -0.4 is 5.73 Å². The monoisotopic (exact) mass is 387 g/mol. The van der Waals surface area contributed by atoms with Crippen molar-refractivity contribution in [2.24, 2.45) is 5.73 Å². The van der Waals surface area contributed by atoms with Gasteiger partial charge in [-0.15, -0.1) is 34.0 Å². The number of nitrogens with two attached hydrogens (primary N) is 1. The van der Waals surface area contributed by atoms with Crippen LogP contribution in [-0.4, -0.2) is 18.6 Å². The highest BCUT2D eigenvalue weighted by Crippen LogP contribution is 2.11. The Morgan fingerprint density at radius 1 is 1.47 bits per heavy atom. The normalized spacial score (nSPS) is 10.9. The molecule has 0 saturated heterocycles. The molecular weight excluding hydrogens is 373 g/mol. The summed E-state index contributed by atoms with van der Waals surface area (Å²) in [6.07, 6.45) is 0.183. The van der Waals surface area contributed by atoms with E-state index in [1.807, 2.05) is 24.3 Å². The van der Waals surface area contributed by atoms with E-state index in [0.29, 0.717) is 11.6 Å². The molecule has 0 bridgehead atoms. The first kappa shape index (κ1) is 19.2. The van der Waals surface area contributed by atoms with Crippen molar-refractivity contribution < 1.29 is 9.53 Å². The lowest BCUT2D eigenvalue weighted by atomic mass is 10.2. The summed E-state index contributed by atoms with van der Waals surface area (Å²) in [5.41, 5.74) is 6.14. The van der Waals surface area contributed by atoms with E-state index < -0.39 is 12.0 Å². The van der Waals surface area contributed by atoms with Crippen LogP contribution >= 0.6 is 45.6 Å². The SMILES string of the molecule is Br.Br.CC(OCCc1cccc(Cl)c1)C(N)=O. The third-order valence-electron chi connectivity index (χ3n) is 2.05. The Morgan fingerprint density at radius 3 is 2.65 bits per heavy atom. The molecule has 0 aromatic heterocycles. The largest absolute Gasteiger partial charge is 0.368 e. The van der Waals surface area contributed by atoms with Crippen LogP contribution in [0, 0.1) is 0 Å². The zero-order chi connectivity index (χ0) is 11.3. The molecule has 0 heterocycles. The molecule has 0 saturated carbocycles. The zero-order valence-corrected chi connectivity index (χ0v) is 13.6. The zero-order valence-electron chi connectivity index (χ0n) is 9.39. The maximum absolute atomic E-state index is 10.7. The molecule has 0 aliphatic rings. The van der Waals surface area contributed by atoms with Crippen LogP contribution in [0.2, 0.25) is 5.02 Å². The van der Waals surface area contributed by atoms with Crippen molar-refractivity contribution >= 4 is 51.5 Å². The number of carbonyl (C=O) groups is 1. The maximum atomic E-state index is 10.7. The van der Waals surface area contributed by atoms with Gasteiger partial charge in [-0.2, -0.15) is 0 Å². The van der Waals surface area contributed by atoms with Crippen molar-refractivity contribution in [2.75, 3.05) is 6.61 Å². The molecule has 0 aliphatic heterocycles. The van der Waals surface area contributed by atoms with Gasteiger partial charge in [0.25, 0.3) is 0 Å². The van der Waals surface area contributed by atoms with E-state index in [9.17, 15) is 4.79 Å². The Labute approximate surface area is 127 Å². The maximum Gasteiger partial charge on any atom is 0.246 e. The molecule has 3 nitrogen and oxygen atoms in total. The minimum atomic E-state index is -0.538. The van der Waals surface area contributed by atoms with E-state index in [-0.39, 0.29) is 34.0 Å². The van der Waals surface area contributed by atoms with Gasteiger partial charge in [0.1, 0.15) is 6.10 Å². The highest BCUT2D eigenvalue weighted by Gasteiger charge is 2.07. The first-order chi connectivity index (χ1) is 7.09. The van der Waals surface area contributed by atoms with Gasteiger partial charge in [0.15, 0.2) is 0 Å². The van der Waals surface area contributed by atoms with E-state index in [0.717, 1.165) is 12.0 Å². The predicted molar refractivity (Wildman–Crippen MR) is 80.4 cm³/mol. The first-order valence-electron chi connectivity index (χ1n) is 4.75. The summed E-state index contributed by atoms with van der Waals surface area (Å²) >= 11 is 5.82. The summed E-state index contributed by atoms with van der Waals surface area (Å²) < 4.78 is 5.23. The van der Waals surface area contributed by atoms with E-state index in [4.69, 9.17) is 22.1 Å². The van der Waals surface area contributed by atoms with Crippen molar-refractivity contribution in [3.05, 3.63) is 34.9 Å². The van der Waals surface area contributed by atoms with Crippen LogP contribution in [0.5, 0.6) is 0 Å². The minimum absolute atomic E-state index is 0. The van der Waals surface area contributed by atoms with Crippen molar-refractivity contribution in [2.45, 2.75) is 19.4 Å². The average Bonchev–Trinajstić information content (AvgIpc) is 2.17. The summed E-state index contributed by atoms with van der Waals surface area (Å²) in [6.45, 7) is 2.10. The Balaban J connectivity index is 0. The predicted octanol–water partition coefficient (Wildman–Crippen LogP) is 2.93. The summed E-state index contributed by atoms with van der Waals surface area (Å²) in [4.78, 5) is 10.7. The molecule has 0 spiro atoms. The fraction of sp³-hybridized carbons (Fsp3) is 0.364. The van der Waals surface area contributed by atoms with E-state index >= 15 is 0 Å². The van der Waals surface area contributed by atoms with Gasteiger partial charge in [0, 0.05) is 5.02 Å². The lowest BCUT2D eigenvalue weighted by Gasteiger charge is -2.08. The van der Waals surface area contributed by atoms with Gasteiger partial charge in [-0.05, 0) is 31.0 Å². The highest BCUT2D eigenvalue weighted by atomic mass is 79.9. The van der Waals surface area contributed by atoms with Crippen molar-refractivity contribution in [1.29, 1.82) is 0 Å². The fourth-order valence-corrected chi connectivity index (χ4v) is 1.34. The van der Waals surface area contributed by atoms with Gasteiger partial charge in [-0.1, -0.05) is 23.7 Å². The number of carbonyl (C=O) groups excluding carboxylic acids is 1. The number of primary amides is 1. The molecule has 98 valence electrons. The number of amides is 1. The van der Waals surface area contributed by atoms with Gasteiger partial charge >= 0.3 is 0 Å². The third-order valence-corrected chi connectivity index (χ3v) is 2.28. The molecule has 1 atom stereocenters. The minimum Gasteiger partial charge on any atom is -0.368 e. The van der Waals surface area contributed by atoms with Gasteiger partial charge in [-0.3, -0.25) is 4.79 Å². The van der Waals surface area contributed by atoms with E-state index in [1.165, 1.54) is 0 Å². The number of halogens is 3. The Bertz CT molecular complexity index is 350. The fourth-order valence-electron chi connectivity index (χ4n) is 1.13. The Morgan fingerprint density at radius 2 is 2.12 bits per heavy atom. The van der Waals surface area contributed by atoms with Crippen molar-refractivity contribution in [3.63, 3.8) is 0 Å². The highest BCUT2D eigenvalue weighted by molar-refractivity contribution is 8.93. The molecule has 1 aromatic rings. The van der Waals surface area contributed by atoms with Crippen LogP contribution in [-0.2, 0) is 16.0 Å². The third kappa shape index (κ3) is 7.76. The van der Waals surface area contributed by atoms with Gasteiger partial charge < -0.3 is 10.5 Å². The van der Waals surface area contributed by atoms with Crippen LogP contribution in [0.25, 0.3) is 0 Å². The molecular formula is C11H16Br2ClNO2. The van der Waals surface area contributed by atoms with Gasteiger partial charge in [-0.25, -0.2) is 0 Å². The molecule has 1 aromatic carbocycles. The van der Waals surface area contributed by atoms with Crippen LogP contribution in [0.4, 0.5) is 0 Å². The number of rotatable bonds is 5. The van der Waals surface area contributed by atoms with Gasteiger partial charge in [0.05, 0.1) is 6.61 Å². The van der Waals surface area contributed by atoms with Gasteiger partial charge in [0.2, 0.25) is 5.91 Å². The standard InChI is InChI=1S/C11H14ClNO2.2BrH/c1-8(11(13)14)15-6-5-9-3-2-4-10(12)7-9;;/h2-4,7-8H,5-6H2,1H3,(H2,13,14);2*1H. The van der Waals surface area contributed by atoms with Crippen LogP contribution in [0.3, 0.4) is 0 Å². The lowest BCUT2D eigenvalue weighted by Crippen LogP contribution is -2.28. The smallest absolute Gasteiger partial charge is 0.246 e. The molecule has 1 unspecified atom stereocenters. The number of hydrogen-bond acceptors (Lipinski definition) is 2. The summed E-state index contributed by atoms with van der Waals surface area (Å²) in [5, 5.41) is 0.704. The van der Waals surface area contributed by atoms with E-state index in [2.05, 4.69) is 0 Å². The number of benzene rings is 1. The van der Waals surface area contributed by atoms with Crippen molar-refractivity contribution in [1.82, 2.24) is 0 Å². The Kier molecular flexibility index (Phi) is 11.2. The quantitative estimate of drug-likeness (QED) is 0.842. The molecule has 0 fully saturated rings. The molecule has 0 aliphatic carbocycles. The second-order valence-electron chi connectivity index (χ2n) is 3.30. The molecule has 1 amide bonds. The summed E-state index contributed by atoms with van der Waals surface area (Å²) in [5.74, 6) is -0.443. The first-order valence-corrected chi connectivity index (χ1v) is 5.13. The molecule has 0 radical (unpaired) electrons. The molecule has 6 heteroatoms. The second kappa shape index (κ2) is 9.88. The lowest BCUT2D eigenvalue weighted by molar-refractivity contribution is -0.128. The van der Waals surface area contributed by atoms with E-state index in [1.54, 1.807) is 6.92 Å². The molecule has 17 heavy (non-hydrogen) atoms. The molecule has 1 rings (SSSR count). The second-order valence-corrected chi connectivity index (χ2v) is 3.73. The van der Waals surface area contributed by atoms with Crippen molar-refractivity contribution in [3.8, 4) is 0 Å². The molecule has 2 N–H and O–H groups in total. The summed E-state index contributed by atoms with van der Waals surface area (Å²) in [6, 6.07) is 7.54. The summed E-state index contributed by atoms with van der Waals surface area (Å²) in [7, 11) is 0. The topological polar surface area (TPSA) is 52.3 Å². The number of ether oxygens (including phenoxy) is 1. The van der Waals surface area contributed by atoms with Crippen LogP contribution in [0.1, 0.15) is 12.5 Å².